The van der Waals surface area contributed by atoms with Crippen LogP contribution < -0.4 is 5.32 Å². The van der Waals surface area contributed by atoms with Gasteiger partial charge in [0.2, 0.25) is 0 Å². The van der Waals surface area contributed by atoms with Crippen LogP contribution in [0.4, 0.5) is 0 Å². The zero-order valence-electron chi connectivity index (χ0n) is 13.2. The first-order chi connectivity index (χ1) is 9.85. The average molecular weight is 280 g/mol. The van der Waals surface area contributed by atoms with Gasteiger partial charge in [0.1, 0.15) is 0 Å². The van der Waals surface area contributed by atoms with Crippen LogP contribution in [0.3, 0.4) is 0 Å². The van der Waals surface area contributed by atoms with Crippen LogP contribution in [0.5, 0.6) is 0 Å². The molecule has 2 saturated carbocycles. The van der Waals surface area contributed by atoms with Crippen molar-refractivity contribution in [3.8, 4) is 0 Å². The van der Waals surface area contributed by atoms with E-state index < -0.39 is 0 Å². The van der Waals surface area contributed by atoms with Crippen molar-refractivity contribution in [1.82, 2.24) is 10.2 Å². The van der Waals surface area contributed by atoms with Crippen molar-refractivity contribution in [3.05, 3.63) is 0 Å². The minimum absolute atomic E-state index is 0.648. The number of nitrogens with one attached hydrogen (secondary N) is 1. The Morgan fingerprint density at radius 3 is 2.30 bits per heavy atom. The highest BCUT2D eigenvalue weighted by Gasteiger charge is 2.32. The number of hydrogen-bond acceptors (Lipinski definition) is 3. The van der Waals surface area contributed by atoms with Crippen molar-refractivity contribution in [1.29, 1.82) is 0 Å². The molecule has 0 bridgehead atoms. The summed E-state index contributed by atoms with van der Waals surface area (Å²) in [6.07, 6.45) is 8.38. The summed E-state index contributed by atoms with van der Waals surface area (Å²) in [6, 6.07) is 0.648. The molecule has 3 heteroatoms. The predicted octanol–water partition coefficient (Wildman–Crippen LogP) is 2.51. The van der Waals surface area contributed by atoms with Gasteiger partial charge in [-0.2, -0.15) is 0 Å². The lowest BCUT2D eigenvalue weighted by Gasteiger charge is -2.31. The minimum Gasteiger partial charge on any atom is -0.381 e. The van der Waals surface area contributed by atoms with Gasteiger partial charge in [0.25, 0.3) is 0 Å². The van der Waals surface area contributed by atoms with E-state index in [1.807, 2.05) is 0 Å². The maximum atomic E-state index is 5.63. The third-order valence-corrected chi connectivity index (χ3v) is 5.07. The predicted molar refractivity (Wildman–Crippen MR) is 82.9 cm³/mol. The van der Waals surface area contributed by atoms with E-state index in [1.54, 1.807) is 0 Å². The molecule has 0 aromatic heterocycles. The molecule has 2 unspecified atom stereocenters. The topological polar surface area (TPSA) is 24.5 Å². The van der Waals surface area contributed by atoms with Crippen molar-refractivity contribution in [2.24, 2.45) is 17.8 Å². The second-order valence-corrected chi connectivity index (χ2v) is 7.29. The van der Waals surface area contributed by atoms with E-state index in [1.165, 1.54) is 58.2 Å². The van der Waals surface area contributed by atoms with Crippen LogP contribution >= 0.6 is 0 Å². The van der Waals surface area contributed by atoms with Crippen molar-refractivity contribution < 1.29 is 4.74 Å². The lowest BCUT2D eigenvalue weighted by atomic mass is 9.98. The molecular formula is C17H32N2O. The Bertz CT molecular complexity index is 269. The molecule has 0 amide bonds. The quantitative estimate of drug-likeness (QED) is 0.665. The van der Waals surface area contributed by atoms with Crippen molar-refractivity contribution in [2.45, 2.75) is 51.5 Å². The largest absolute Gasteiger partial charge is 0.381 e. The Hall–Kier alpha value is -0.120. The highest BCUT2D eigenvalue weighted by atomic mass is 16.5. The molecule has 2 atom stereocenters. The van der Waals surface area contributed by atoms with E-state index >= 15 is 0 Å². The van der Waals surface area contributed by atoms with Crippen molar-refractivity contribution >= 4 is 0 Å². The molecule has 3 aliphatic rings. The lowest BCUT2D eigenvalue weighted by molar-refractivity contribution is 0.156. The normalized spacial score (nSPS) is 28.2. The monoisotopic (exact) mass is 280 g/mol. The van der Waals surface area contributed by atoms with Gasteiger partial charge in [-0.15, -0.1) is 0 Å². The first kappa shape index (κ1) is 14.8. The SMILES string of the molecule is CCCNC(CN(CC1CC1)CC1CC1)C1CCOC1. The summed E-state index contributed by atoms with van der Waals surface area (Å²) in [4.78, 5) is 2.78. The molecule has 1 saturated heterocycles. The van der Waals surface area contributed by atoms with Crippen LogP contribution in [0.25, 0.3) is 0 Å². The summed E-state index contributed by atoms with van der Waals surface area (Å²) >= 11 is 0. The molecule has 0 radical (unpaired) electrons. The third-order valence-electron chi connectivity index (χ3n) is 5.07. The Kier molecular flexibility index (Phi) is 5.36. The van der Waals surface area contributed by atoms with Crippen LogP contribution in [-0.2, 0) is 4.74 Å². The number of nitrogens with zero attached hydrogens (tertiary/aromatic N) is 1. The fraction of sp³-hybridized carbons (Fsp3) is 1.00. The van der Waals surface area contributed by atoms with E-state index in [0.717, 1.165) is 37.5 Å². The van der Waals surface area contributed by atoms with Gasteiger partial charge in [-0.1, -0.05) is 6.92 Å². The molecule has 0 spiro atoms. The summed E-state index contributed by atoms with van der Waals surface area (Å²) in [5, 5.41) is 3.81. The van der Waals surface area contributed by atoms with E-state index in [2.05, 4.69) is 17.1 Å². The van der Waals surface area contributed by atoms with Crippen LogP contribution in [0, 0.1) is 17.8 Å². The number of hydrogen-bond donors (Lipinski definition) is 1. The Morgan fingerprint density at radius 2 is 1.80 bits per heavy atom. The second kappa shape index (κ2) is 7.24. The molecule has 0 aromatic carbocycles. The van der Waals surface area contributed by atoms with E-state index in [9.17, 15) is 0 Å². The van der Waals surface area contributed by atoms with Gasteiger partial charge in [-0.25, -0.2) is 0 Å². The van der Waals surface area contributed by atoms with Crippen LogP contribution in [0.2, 0.25) is 0 Å². The van der Waals surface area contributed by atoms with Crippen LogP contribution in [0.15, 0.2) is 0 Å². The second-order valence-electron chi connectivity index (χ2n) is 7.29. The zero-order chi connectivity index (χ0) is 13.8. The first-order valence-electron chi connectivity index (χ1n) is 8.88. The summed E-state index contributed by atoms with van der Waals surface area (Å²) in [5.74, 6) is 2.77. The van der Waals surface area contributed by atoms with Crippen LogP contribution in [0.1, 0.15) is 45.4 Å². The third kappa shape index (κ3) is 4.71. The molecule has 2 aliphatic carbocycles. The fourth-order valence-corrected chi connectivity index (χ4v) is 3.41. The van der Waals surface area contributed by atoms with Crippen LogP contribution in [-0.4, -0.2) is 50.3 Å². The summed E-state index contributed by atoms with van der Waals surface area (Å²) in [6.45, 7) is 9.33. The molecule has 3 fully saturated rings. The van der Waals surface area contributed by atoms with Gasteiger partial charge in [-0.05, 0) is 56.9 Å². The van der Waals surface area contributed by atoms with Gasteiger partial charge in [0, 0.05) is 38.2 Å². The smallest absolute Gasteiger partial charge is 0.0510 e. The van der Waals surface area contributed by atoms with Gasteiger partial charge in [0.15, 0.2) is 0 Å². The Labute approximate surface area is 124 Å². The van der Waals surface area contributed by atoms with Crippen molar-refractivity contribution in [2.75, 3.05) is 39.4 Å². The molecule has 1 aliphatic heterocycles. The Balaban J connectivity index is 1.52. The number of rotatable bonds is 10. The maximum absolute atomic E-state index is 5.63. The zero-order valence-corrected chi connectivity index (χ0v) is 13.2. The molecule has 20 heavy (non-hydrogen) atoms. The van der Waals surface area contributed by atoms with Gasteiger partial charge >= 0.3 is 0 Å². The summed E-state index contributed by atoms with van der Waals surface area (Å²) < 4.78 is 5.63. The maximum Gasteiger partial charge on any atom is 0.0510 e. The lowest BCUT2D eigenvalue weighted by Crippen LogP contribution is -2.47. The standard InChI is InChI=1S/C17H32N2O/c1-2-8-18-17(16-7-9-20-13-16)12-19(10-14-3-4-14)11-15-5-6-15/h14-18H,2-13H2,1H3. The molecule has 3 nitrogen and oxygen atoms in total. The highest BCUT2D eigenvalue weighted by Crippen LogP contribution is 2.34. The molecule has 1 heterocycles. The first-order valence-corrected chi connectivity index (χ1v) is 8.88. The van der Waals surface area contributed by atoms with E-state index in [-0.39, 0.29) is 0 Å². The molecular weight excluding hydrogens is 248 g/mol. The van der Waals surface area contributed by atoms with E-state index in [4.69, 9.17) is 4.74 Å². The highest BCUT2D eigenvalue weighted by molar-refractivity contribution is 4.87. The summed E-state index contributed by atoms with van der Waals surface area (Å²) in [5.41, 5.74) is 0. The van der Waals surface area contributed by atoms with Gasteiger partial charge in [0.05, 0.1) is 6.61 Å². The fourth-order valence-electron chi connectivity index (χ4n) is 3.41. The average Bonchev–Trinajstić information content (AvgIpc) is 3.37. The van der Waals surface area contributed by atoms with Gasteiger partial charge < -0.3 is 15.0 Å². The van der Waals surface area contributed by atoms with Gasteiger partial charge in [-0.3, -0.25) is 0 Å². The summed E-state index contributed by atoms with van der Waals surface area (Å²) in [7, 11) is 0. The molecule has 116 valence electrons. The number of ether oxygens (including phenoxy) is 1. The minimum atomic E-state index is 0.648. The molecule has 3 rings (SSSR count). The van der Waals surface area contributed by atoms with Crippen molar-refractivity contribution in [3.63, 3.8) is 0 Å². The van der Waals surface area contributed by atoms with E-state index in [0.29, 0.717) is 6.04 Å². The molecule has 1 N–H and O–H groups in total. The Morgan fingerprint density at radius 1 is 1.10 bits per heavy atom. The molecule has 0 aromatic rings.